The largest absolute Gasteiger partial charge is 0.360 e. The molecule has 0 spiro atoms. The van der Waals surface area contributed by atoms with Gasteiger partial charge in [-0.3, -0.25) is 4.79 Å². The monoisotopic (exact) mass is 551 g/mol. The van der Waals surface area contributed by atoms with Crippen molar-refractivity contribution in [3.05, 3.63) is 0 Å². The van der Waals surface area contributed by atoms with Crippen molar-refractivity contribution in [1.29, 1.82) is 0 Å². The summed E-state index contributed by atoms with van der Waals surface area (Å²) < 4.78 is 5.86. The number of hydrogen-bond donors (Lipinski definition) is 3. The first-order valence-electron chi connectivity index (χ1n) is 13.8. The van der Waals surface area contributed by atoms with Gasteiger partial charge < -0.3 is 30.7 Å². The minimum Gasteiger partial charge on any atom is -0.360 e. The van der Waals surface area contributed by atoms with Crippen LogP contribution in [0.25, 0.3) is 0 Å². The molecule has 0 radical (unpaired) electrons. The molecule has 1 fully saturated rings. The fourth-order valence-electron chi connectivity index (χ4n) is 4.04. The second-order valence-electron chi connectivity index (χ2n) is 12.2. The molecule has 0 aliphatic heterocycles. The molecule has 0 bridgehead atoms. The Bertz CT molecular complexity index is 769. The standard InChI is InChI=1S/C24H49B4N3O4S2/c1-8-11-24(7,29)35-14-23(5,6)21(34)30-15(19(32)27-25)12-36-17-9-10-18(17)37-13-16(20(33)28-26)31-22(2,3)4/h15-18,27-28,31H,8-14,25-26,29H2,1-7H3,(H,30,34). The molecule has 13 heteroatoms. The lowest BCUT2D eigenvalue weighted by Gasteiger charge is -2.38. The Hall–Kier alpha value is -0.350. The van der Waals surface area contributed by atoms with Crippen molar-refractivity contribution in [3.8, 4) is 0 Å². The van der Waals surface area contributed by atoms with Gasteiger partial charge >= 0.3 is 0 Å². The summed E-state index contributed by atoms with van der Waals surface area (Å²) in [6, 6.07) is -0.669. The average Bonchev–Trinajstić information content (AvgIpc) is 2.79. The highest BCUT2D eigenvalue weighted by atomic mass is 32.2. The molecule has 1 amide bonds. The highest BCUT2D eigenvalue weighted by Gasteiger charge is 2.36. The Morgan fingerprint density at radius 1 is 0.973 bits per heavy atom. The third-order valence-corrected chi connectivity index (χ3v) is 9.82. The molecule has 1 saturated carbocycles. The number of amides is 1. The molecule has 4 N–H and O–H groups in total. The van der Waals surface area contributed by atoms with E-state index >= 15 is 0 Å². The zero-order valence-electron chi connectivity index (χ0n) is 24.7. The first kappa shape index (κ1) is 34.7. The van der Waals surface area contributed by atoms with Gasteiger partial charge in [-0.2, -0.15) is 23.5 Å². The molecule has 5 atom stereocenters. The average molecular weight is 551 g/mol. The third kappa shape index (κ3) is 12.6. The summed E-state index contributed by atoms with van der Waals surface area (Å²) in [6.07, 6.45) is 3.81. The number of carbonyl (C=O) groups excluding carboxylic acids is 3. The fourth-order valence-corrected chi connectivity index (χ4v) is 7.23. The van der Waals surface area contributed by atoms with E-state index in [-0.39, 0.29) is 35.5 Å². The van der Waals surface area contributed by atoms with E-state index in [0.717, 1.165) is 25.0 Å². The van der Waals surface area contributed by atoms with Gasteiger partial charge in [0.1, 0.15) is 11.4 Å². The van der Waals surface area contributed by atoms with Crippen LogP contribution >= 0.6 is 23.5 Å². The highest BCUT2D eigenvalue weighted by Crippen LogP contribution is 2.40. The van der Waals surface area contributed by atoms with Crippen molar-refractivity contribution in [3.63, 3.8) is 0 Å². The summed E-state index contributed by atoms with van der Waals surface area (Å²) in [5.41, 5.74) is 4.77. The van der Waals surface area contributed by atoms with Crippen molar-refractivity contribution in [2.24, 2.45) is 11.1 Å². The fraction of sp³-hybridized carbons (Fsp3) is 0.875. The number of thioether (sulfide) groups is 2. The van der Waals surface area contributed by atoms with Crippen LogP contribution in [-0.2, 0) is 19.1 Å². The molecule has 0 saturated heterocycles. The zero-order chi connectivity index (χ0) is 28.4. The van der Waals surface area contributed by atoms with Crippen molar-refractivity contribution < 1.29 is 19.1 Å². The first-order valence-corrected chi connectivity index (χ1v) is 15.9. The molecule has 1 aliphatic rings. The first-order chi connectivity index (χ1) is 17.0. The smallest absolute Gasteiger partial charge is 0.228 e. The molecular weight excluding hydrogens is 502 g/mol. The molecule has 0 aromatic heterocycles. The van der Waals surface area contributed by atoms with Crippen molar-refractivity contribution in [1.82, 2.24) is 10.6 Å². The van der Waals surface area contributed by atoms with Gasteiger partial charge in [0.05, 0.1) is 45.3 Å². The van der Waals surface area contributed by atoms with E-state index in [1.54, 1.807) is 11.8 Å². The minimum atomic E-state index is -0.805. The Morgan fingerprint density at radius 2 is 1.46 bits per heavy atom. The lowest BCUT2D eigenvalue weighted by atomic mass is 9.51. The lowest BCUT2D eigenvalue weighted by Crippen LogP contribution is -2.52. The Kier molecular flexibility index (Phi) is 14.5. The Morgan fingerprint density at radius 3 is 1.89 bits per heavy atom. The second-order valence-corrected chi connectivity index (χ2v) is 14.7. The van der Waals surface area contributed by atoms with Crippen molar-refractivity contribution in [2.75, 3.05) is 18.1 Å². The van der Waals surface area contributed by atoms with E-state index in [2.05, 4.69) is 31.4 Å². The summed E-state index contributed by atoms with van der Waals surface area (Å²) in [5.74, 6) is 1.12. The molecule has 0 heterocycles. The molecule has 37 heavy (non-hydrogen) atoms. The quantitative estimate of drug-likeness (QED) is 0.159. The van der Waals surface area contributed by atoms with E-state index in [9.17, 15) is 14.4 Å². The van der Waals surface area contributed by atoms with Gasteiger partial charge in [-0.05, 0) is 60.8 Å². The summed E-state index contributed by atoms with van der Waals surface area (Å²) in [4.78, 5) is 38.3. The van der Waals surface area contributed by atoms with Crippen molar-refractivity contribution >= 4 is 70.6 Å². The van der Waals surface area contributed by atoms with Crippen LogP contribution in [0.3, 0.4) is 0 Å². The van der Waals surface area contributed by atoms with Crippen LogP contribution in [0.15, 0.2) is 0 Å². The number of nitrogens with one attached hydrogen (secondary N) is 2. The van der Waals surface area contributed by atoms with Crippen LogP contribution in [0.5, 0.6) is 0 Å². The number of rotatable bonds is 18. The van der Waals surface area contributed by atoms with E-state index < -0.39 is 17.2 Å². The van der Waals surface area contributed by atoms with Crippen LogP contribution in [0.4, 0.5) is 0 Å². The van der Waals surface area contributed by atoms with Gasteiger partial charge in [0.2, 0.25) is 5.91 Å². The molecule has 7 nitrogen and oxygen atoms in total. The molecule has 1 aliphatic carbocycles. The summed E-state index contributed by atoms with van der Waals surface area (Å²) in [7, 11) is 4.66. The maximum Gasteiger partial charge on any atom is 0.228 e. The van der Waals surface area contributed by atoms with Crippen molar-refractivity contribution in [2.45, 2.75) is 108 Å². The van der Waals surface area contributed by atoms with Gasteiger partial charge in [0.15, 0.2) is 14.3 Å². The van der Waals surface area contributed by atoms with E-state index in [0.29, 0.717) is 37.0 Å². The number of nitrogens with two attached hydrogens (primary N) is 1. The third-order valence-electron chi connectivity index (χ3n) is 6.61. The summed E-state index contributed by atoms with van der Waals surface area (Å²) in [5, 5.41) is 7.35. The zero-order valence-corrected chi connectivity index (χ0v) is 26.3. The van der Waals surface area contributed by atoms with E-state index in [1.165, 1.54) is 0 Å². The van der Waals surface area contributed by atoms with Gasteiger partial charge in [-0.1, -0.05) is 13.3 Å². The number of ether oxygens (including phenoxy) is 1. The normalized spacial score (nSPS) is 21.2. The Balaban J connectivity index is 2.68. The molecule has 1 rings (SSSR count). The maximum absolute atomic E-state index is 13.1. The van der Waals surface area contributed by atoms with E-state index in [1.807, 2.05) is 54.9 Å². The molecule has 5 unspecified atom stereocenters. The van der Waals surface area contributed by atoms with Gasteiger partial charge in [-0.15, -0.1) is 0 Å². The predicted molar refractivity (Wildman–Crippen MR) is 169 cm³/mol. The summed E-state index contributed by atoms with van der Waals surface area (Å²) in [6.45, 7) is 14.0. The Labute approximate surface area is 237 Å². The lowest BCUT2D eigenvalue weighted by molar-refractivity contribution is -0.139. The number of carbonyl (C=O) groups is 3. The molecule has 208 valence electrons. The highest BCUT2D eigenvalue weighted by molar-refractivity contribution is 8.04. The second kappa shape index (κ2) is 15.4. The molecular formula is C24H49B4N3O4S2. The maximum atomic E-state index is 13.1. The van der Waals surface area contributed by atoms with Gasteiger partial charge in [0.25, 0.3) is 0 Å². The van der Waals surface area contributed by atoms with Crippen LogP contribution < -0.4 is 16.4 Å². The van der Waals surface area contributed by atoms with E-state index in [4.69, 9.17) is 10.5 Å². The van der Waals surface area contributed by atoms with Crippen LogP contribution in [-0.4, -0.2) is 99.0 Å². The SMILES string of the molecule is BBC(=O)C(CSC1CCC1SCC(NC(C)(C)C)C(=O)BB)NC(=O)C(C)(C)COC(C)(N)CCC. The molecule has 0 aromatic carbocycles. The van der Waals surface area contributed by atoms with Crippen LogP contribution in [0.1, 0.15) is 74.1 Å². The van der Waals surface area contributed by atoms with Crippen LogP contribution in [0, 0.1) is 5.41 Å². The van der Waals surface area contributed by atoms with Gasteiger partial charge in [0, 0.05) is 27.5 Å². The molecule has 0 aromatic rings. The number of hydrogen-bond acceptors (Lipinski definition) is 8. The topological polar surface area (TPSA) is 111 Å². The predicted octanol–water partition coefficient (Wildman–Crippen LogP) is -0.234. The summed E-state index contributed by atoms with van der Waals surface area (Å²) >= 11 is 3.62. The van der Waals surface area contributed by atoms with Gasteiger partial charge in [-0.25, -0.2) is 0 Å². The minimum absolute atomic E-state index is 0.0405. The van der Waals surface area contributed by atoms with Crippen LogP contribution in [0.2, 0.25) is 0 Å².